The minimum atomic E-state index is -0.668. The first-order valence-electron chi connectivity index (χ1n) is 5.47. The number of nitrogens with one attached hydrogen (secondary N) is 1. The van der Waals surface area contributed by atoms with E-state index in [4.69, 9.17) is 4.42 Å². The molecule has 6 nitrogen and oxygen atoms in total. The van der Waals surface area contributed by atoms with E-state index in [1.54, 1.807) is 0 Å². The van der Waals surface area contributed by atoms with Gasteiger partial charge in [0.05, 0.1) is 11.6 Å². The van der Waals surface area contributed by atoms with Gasteiger partial charge in [0.15, 0.2) is 0 Å². The molecule has 0 atom stereocenters. The number of aryl methyl sites for hydroxylation is 1. The molecule has 6 heteroatoms. The van der Waals surface area contributed by atoms with Gasteiger partial charge in [-0.3, -0.25) is 14.9 Å². The maximum Gasteiger partial charge on any atom is 0.434 e. The van der Waals surface area contributed by atoms with Crippen LogP contribution in [0.1, 0.15) is 43.8 Å². The van der Waals surface area contributed by atoms with Crippen LogP contribution in [0.4, 0.5) is 5.88 Å². The van der Waals surface area contributed by atoms with Gasteiger partial charge in [-0.05, 0) is 20.8 Å². The summed E-state index contributed by atoms with van der Waals surface area (Å²) in [5.74, 6) is -0.527. The van der Waals surface area contributed by atoms with Crippen molar-refractivity contribution in [3.05, 3.63) is 27.5 Å². The van der Waals surface area contributed by atoms with Gasteiger partial charge in [-0.2, -0.15) is 0 Å². The number of nitrogens with zero attached hydrogens (tertiary/aromatic N) is 1. The molecular formula is C11H18N2O4. The van der Waals surface area contributed by atoms with Crippen LogP contribution in [0.2, 0.25) is 0 Å². The van der Waals surface area contributed by atoms with Gasteiger partial charge in [0, 0.05) is 6.04 Å². The molecule has 1 N–H and O–H groups in total. The highest BCUT2D eigenvalue weighted by Crippen LogP contribution is 2.20. The highest BCUT2D eigenvalue weighted by Gasteiger charge is 2.21. The van der Waals surface area contributed by atoms with E-state index >= 15 is 0 Å². The van der Waals surface area contributed by atoms with Crippen molar-refractivity contribution in [3.8, 4) is 0 Å². The Morgan fingerprint density at radius 1 is 1.47 bits per heavy atom. The summed E-state index contributed by atoms with van der Waals surface area (Å²) in [6.45, 7) is 9.13. The maximum atomic E-state index is 11.5. The maximum absolute atomic E-state index is 11.5. The van der Waals surface area contributed by atoms with Gasteiger partial charge >= 0.3 is 5.88 Å². The van der Waals surface area contributed by atoms with Gasteiger partial charge in [0.2, 0.25) is 0 Å². The molecule has 17 heavy (non-hydrogen) atoms. The van der Waals surface area contributed by atoms with E-state index in [0.717, 1.165) is 6.07 Å². The Labute approximate surface area is 100 Å². The summed E-state index contributed by atoms with van der Waals surface area (Å²) in [4.78, 5) is 21.2. The summed E-state index contributed by atoms with van der Waals surface area (Å²) in [7, 11) is 0. The van der Waals surface area contributed by atoms with E-state index in [0.29, 0.717) is 0 Å². The number of carbonyl (C=O) groups is 1. The summed E-state index contributed by atoms with van der Waals surface area (Å²) < 4.78 is 4.82. The fourth-order valence-corrected chi connectivity index (χ4v) is 1.12. The van der Waals surface area contributed by atoms with Gasteiger partial charge in [0.25, 0.3) is 5.91 Å². The molecule has 0 fully saturated rings. The first kappa shape index (κ1) is 15.2. The van der Waals surface area contributed by atoms with Crippen LogP contribution in [0.15, 0.2) is 10.5 Å². The second-order valence-electron chi connectivity index (χ2n) is 3.44. The molecule has 1 aromatic heterocycles. The number of carbonyl (C=O) groups excluding carboxylic acids is 1. The molecule has 0 unspecified atom stereocenters. The van der Waals surface area contributed by atoms with Crippen molar-refractivity contribution < 1.29 is 14.1 Å². The lowest BCUT2D eigenvalue weighted by Gasteiger charge is -2.06. The molecule has 0 radical (unpaired) electrons. The Hall–Kier alpha value is -1.85. The first-order valence-corrected chi connectivity index (χ1v) is 5.47. The number of furan rings is 1. The molecule has 1 aromatic rings. The van der Waals surface area contributed by atoms with E-state index < -0.39 is 10.8 Å². The third-order valence-corrected chi connectivity index (χ3v) is 1.75. The third-order valence-electron chi connectivity index (χ3n) is 1.75. The largest absolute Gasteiger partial charge is 0.434 e. The van der Waals surface area contributed by atoms with Crippen molar-refractivity contribution in [3.63, 3.8) is 0 Å². The lowest BCUT2D eigenvalue weighted by atomic mass is 10.2. The lowest BCUT2D eigenvalue weighted by Crippen LogP contribution is -2.30. The molecule has 0 aliphatic heterocycles. The standard InChI is InChI=1S/C9H12N2O4.C2H6/c1-5(2)10-9(12)7-4-8(11(13)14)15-6(7)3;1-2/h4-5H,1-3H3,(H,10,12);1-2H3. The molecule has 1 rings (SSSR count). The SMILES string of the molecule is CC.Cc1oc([N+](=O)[O-])cc1C(=O)NC(C)C. The smallest absolute Gasteiger partial charge is 0.405 e. The number of hydrogen-bond acceptors (Lipinski definition) is 4. The van der Waals surface area contributed by atoms with Gasteiger partial charge < -0.3 is 9.73 Å². The zero-order chi connectivity index (χ0) is 13.6. The number of hydrogen-bond donors (Lipinski definition) is 1. The van der Waals surface area contributed by atoms with Crippen molar-refractivity contribution in [2.75, 3.05) is 0 Å². The fraction of sp³-hybridized carbons (Fsp3) is 0.545. The summed E-state index contributed by atoms with van der Waals surface area (Å²) in [6, 6.07) is 1.11. The van der Waals surface area contributed by atoms with Gasteiger partial charge in [0.1, 0.15) is 10.7 Å². The molecule has 1 amide bonds. The van der Waals surface area contributed by atoms with Crippen LogP contribution in [0.5, 0.6) is 0 Å². The average molecular weight is 242 g/mol. The first-order chi connectivity index (χ1) is 7.91. The normalized spacial score (nSPS) is 9.53. The fourth-order valence-electron chi connectivity index (χ4n) is 1.12. The second kappa shape index (κ2) is 6.67. The van der Waals surface area contributed by atoms with E-state index in [1.807, 2.05) is 27.7 Å². The molecule has 0 saturated heterocycles. The van der Waals surface area contributed by atoms with Crippen LogP contribution >= 0.6 is 0 Å². The summed E-state index contributed by atoms with van der Waals surface area (Å²) in [6.07, 6.45) is 0. The van der Waals surface area contributed by atoms with Crippen LogP contribution in [-0.4, -0.2) is 16.9 Å². The van der Waals surface area contributed by atoms with E-state index in [-0.39, 0.29) is 23.3 Å². The molecule has 0 spiro atoms. The Bertz CT molecular complexity index is 396. The van der Waals surface area contributed by atoms with Crippen LogP contribution < -0.4 is 5.32 Å². The van der Waals surface area contributed by atoms with Crippen LogP contribution in [-0.2, 0) is 0 Å². The van der Waals surface area contributed by atoms with E-state index in [1.165, 1.54) is 6.92 Å². The van der Waals surface area contributed by atoms with Crippen molar-refractivity contribution in [2.24, 2.45) is 0 Å². The van der Waals surface area contributed by atoms with Crippen molar-refractivity contribution >= 4 is 11.8 Å². The number of rotatable bonds is 3. The minimum absolute atomic E-state index is 0.0224. The Kier molecular flexibility index (Phi) is 5.95. The van der Waals surface area contributed by atoms with E-state index in [9.17, 15) is 14.9 Å². The van der Waals surface area contributed by atoms with Crippen molar-refractivity contribution in [1.82, 2.24) is 5.32 Å². The average Bonchev–Trinajstić information content (AvgIpc) is 2.62. The highest BCUT2D eigenvalue weighted by atomic mass is 16.6. The third kappa shape index (κ3) is 4.26. The quantitative estimate of drug-likeness (QED) is 0.652. The molecule has 0 saturated carbocycles. The number of nitro groups is 1. The Morgan fingerprint density at radius 2 is 2.00 bits per heavy atom. The Balaban J connectivity index is 0.00000121. The minimum Gasteiger partial charge on any atom is -0.405 e. The second-order valence-corrected chi connectivity index (χ2v) is 3.44. The van der Waals surface area contributed by atoms with Crippen LogP contribution in [0.25, 0.3) is 0 Å². The van der Waals surface area contributed by atoms with Gasteiger partial charge in [-0.1, -0.05) is 13.8 Å². The Morgan fingerprint density at radius 3 is 2.35 bits per heavy atom. The molecular weight excluding hydrogens is 224 g/mol. The molecule has 0 aliphatic carbocycles. The molecule has 1 heterocycles. The van der Waals surface area contributed by atoms with Gasteiger partial charge in [-0.15, -0.1) is 0 Å². The van der Waals surface area contributed by atoms with E-state index in [2.05, 4.69) is 5.32 Å². The van der Waals surface area contributed by atoms with Crippen LogP contribution in [0, 0.1) is 17.0 Å². The van der Waals surface area contributed by atoms with Gasteiger partial charge in [-0.25, -0.2) is 0 Å². The van der Waals surface area contributed by atoms with Crippen molar-refractivity contribution in [2.45, 2.75) is 40.7 Å². The zero-order valence-corrected chi connectivity index (χ0v) is 10.7. The van der Waals surface area contributed by atoms with Crippen molar-refractivity contribution in [1.29, 1.82) is 0 Å². The molecule has 0 aliphatic rings. The van der Waals surface area contributed by atoms with Crippen LogP contribution in [0.3, 0.4) is 0 Å². The lowest BCUT2D eigenvalue weighted by molar-refractivity contribution is -0.402. The summed E-state index contributed by atoms with van der Waals surface area (Å²) in [5.41, 5.74) is 0.204. The zero-order valence-electron chi connectivity index (χ0n) is 10.7. The molecule has 96 valence electrons. The predicted molar refractivity (Wildman–Crippen MR) is 64.0 cm³/mol. The molecule has 0 bridgehead atoms. The molecule has 0 aromatic carbocycles. The highest BCUT2D eigenvalue weighted by molar-refractivity contribution is 5.95. The summed E-state index contributed by atoms with van der Waals surface area (Å²) >= 11 is 0. The number of amides is 1. The topological polar surface area (TPSA) is 85.4 Å². The summed E-state index contributed by atoms with van der Waals surface area (Å²) in [5, 5.41) is 13.0. The predicted octanol–water partition coefficient (Wildman–Crippen LogP) is 2.66. The monoisotopic (exact) mass is 242 g/mol.